The van der Waals surface area contributed by atoms with Crippen LogP contribution in [0, 0.1) is 0 Å². The molecular formula is C10H16O4. The zero-order valence-electron chi connectivity index (χ0n) is 8.15. The molecule has 1 N–H and O–H groups in total. The highest BCUT2D eigenvalue weighted by Crippen LogP contribution is 2.19. The zero-order chi connectivity index (χ0) is 9.80. The van der Waals surface area contributed by atoms with Gasteiger partial charge in [0.15, 0.2) is 6.29 Å². The summed E-state index contributed by atoms with van der Waals surface area (Å²) >= 11 is 0. The molecule has 2 aliphatic heterocycles. The fourth-order valence-electron chi connectivity index (χ4n) is 1.65. The number of aliphatic hydroxyl groups excluding tert-OH is 1. The largest absolute Gasteiger partial charge is 0.496 e. The number of aliphatic hydroxyl groups is 1. The molecule has 2 heterocycles. The highest BCUT2D eigenvalue weighted by atomic mass is 16.7. The molecule has 0 amide bonds. The number of allylic oxidation sites excluding steroid dienone is 1. The molecule has 2 aliphatic rings. The third-order valence-corrected chi connectivity index (χ3v) is 2.40. The van der Waals surface area contributed by atoms with Gasteiger partial charge in [0, 0.05) is 6.42 Å². The second-order valence-electron chi connectivity index (χ2n) is 3.52. The summed E-state index contributed by atoms with van der Waals surface area (Å²) < 4.78 is 15.8. The molecule has 0 bridgehead atoms. The van der Waals surface area contributed by atoms with E-state index in [0.29, 0.717) is 32.0 Å². The van der Waals surface area contributed by atoms with E-state index in [2.05, 4.69) is 0 Å². The molecule has 4 nitrogen and oxygen atoms in total. The summed E-state index contributed by atoms with van der Waals surface area (Å²) in [5.74, 6) is 0.676. The van der Waals surface area contributed by atoms with Crippen LogP contribution in [0.1, 0.15) is 19.3 Å². The lowest BCUT2D eigenvalue weighted by molar-refractivity contribution is -0.0723. The molecule has 1 fully saturated rings. The van der Waals surface area contributed by atoms with Gasteiger partial charge in [-0.2, -0.15) is 0 Å². The normalized spacial score (nSPS) is 25.6. The van der Waals surface area contributed by atoms with Gasteiger partial charge >= 0.3 is 0 Å². The second kappa shape index (κ2) is 4.77. The van der Waals surface area contributed by atoms with E-state index in [1.54, 1.807) is 0 Å². The van der Waals surface area contributed by atoms with Crippen molar-refractivity contribution in [2.24, 2.45) is 0 Å². The van der Waals surface area contributed by atoms with E-state index in [1.165, 1.54) is 0 Å². The molecule has 1 saturated heterocycles. The van der Waals surface area contributed by atoms with Gasteiger partial charge in [-0.1, -0.05) is 0 Å². The Morgan fingerprint density at radius 3 is 2.79 bits per heavy atom. The van der Waals surface area contributed by atoms with Crippen molar-refractivity contribution in [2.45, 2.75) is 31.7 Å². The fourth-order valence-corrected chi connectivity index (χ4v) is 1.65. The maximum Gasteiger partial charge on any atom is 0.160 e. The minimum absolute atomic E-state index is 0.267. The Labute approximate surface area is 83.5 Å². The van der Waals surface area contributed by atoms with Crippen LogP contribution in [-0.4, -0.2) is 37.3 Å². The first-order chi connectivity index (χ1) is 6.86. The van der Waals surface area contributed by atoms with Crippen LogP contribution in [0.15, 0.2) is 11.8 Å². The third-order valence-electron chi connectivity index (χ3n) is 2.40. The lowest BCUT2D eigenvalue weighted by atomic mass is 10.1. The summed E-state index contributed by atoms with van der Waals surface area (Å²) in [6.07, 6.45) is 3.58. The van der Waals surface area contributed by atoms with Gasteiger partial charge in [0.25, 0.3) is 0 Å². The number of rotatable bonds is 3. The van der Waals surface area contributed by atoms with E-state index in [4.69, 9.17) is 14.2 Å². The van der Waals surface area contributed by atoms with Gasteiger partial charge in [0.05, 0.1) is 19.8 Å². The lowest BCUT2D eigenvalue weighted by Gasteiger charge is -2.21. The van der Waals surface area contributed by atoms with Crippen molar-refractivity contribution in [2.75, 3.05) is 19.8 Å². The quantitative estimate of drug-likeness (QED) is 0.732. The highest BCUT2D eigenvalue weighted by Gasteiger charge is 2.23. The molecule has 0 aromatic heterocycles. The molecule has 0 spiro atoms. The molecule has 0 saturated carbocycles. The van der Waals surface area contributed by atoms with Gasteiger partial charge < -0.3 is 19.3 Å². The monoisotopic (exact) mass is 200 g/mol. The Morgan fingerprint density at radius 1 is 1.36 bits per heavy atom. The van der Waals surface area contributed by atoms with Crippen molar-refractivity contribution in [1.29, 1.82) is 0 Å². The van der Waals surface area contributed by atoms with Crippen molar-refractivity contribution in [3.63, 3.8) is 0 Å². The Morgan fingerprint density at radius 2 is 2.14 bits per heavy atom. The van der Waals surface area contributed by atoms with Gasteiger partial charge in [0.1, 0.15) is 11.9 Å². The maximum absolute atomic E-state index is 9.78. The van der Waals surface area contributed by atoms with Gasteiger partial charge in [-0.15, -0.1) is 0 Å². The van der Waals surface area contributed by atoms with Gasteiger partial charge in [0.2, 0.25) is 0 Å². The Balaban J connectivity index is 1.81. The highest BCUT2D eigenvalue weighted by molar-refractivity contribution is 5.02. The van der Waals surface area contributed by atoms with E-state index in [-0.39, 0.29) is 6.29 Å². The van der Waals surface area contributed by atoms with E-state index < -0.39 is 6.10 Å². The van der Waals surface area contributed by atoms with Crippen LogP contribution in [0.2, 0.25) is 0 Å². The van der Waals surface area contributed by atoms with Gasteiger partial charge in [-0.3, -0.25) is 0 Å². The molecule has 0 radical (unpaired) electrons. The van der Waals surface area contributed by atoms with E-state index in [1.807, 2.05) is 6.08 Å². The number of hydrogen-bond donors (Lipinski definition) is 1. The summed E-state index contributed by atoms with van der Waals surface area (Å²) in [5, 5.41) is 9.78. The van der Waals surface area contributed by atoms with Gasteiger partial charge in [-0.05, 0) is 18.9 Å². The molecule has 4 heteroatoms. The molecule has 0 aromatic rings. The van der Waals surface area contributed by atoms with Crippen LogP contribution in [0.5, 0.6) is 0 Å². The summed E-state index contributed by atoms with van der Waals surface area (Å²) in [5.41, 5.74) is 0. The molecule has 1 unspecified atom stereocenters. The first kappa shape index (κ1) is 9.96. The molecular weight excluding hydrogens is 184 g/mol. The molecule has 2 rings (SSSR count). The predicted octanol–water partition coefficient (Wildman–Crippen LogP) is 0.805. The van der Waals surface area contributed by atoms with Crippen molar-refractivity contribution in [3.8, 4) is 0 Å². The molecule has 1 atom stereocenters. The SMILES string of the molecule is OC(CC1OCCO1)C1=CCCCO1. The average Bonchev–Trinajstić information content (AvgIpc) is 2.72. The lowest BCUT2D eigenvalue weighted by Crippen LogP contribution is -2.23. The summed E-state index contributed by atoms with van der Waals surface area (Å²) in [4.78, 5) is 0. The van der Waals surface area contributed by atoms with Crippen molar-refractivity contribution in [1.82, 2.24) is 0 Å². The minimum Gasteiger partial charge on any atom is -0.496 e. The van der Waals surface area contributed by atoms with Crippen molar-refractivity contribution in [3.05, 3.63) is 11.8 Å². The Bertz CT molecular complexity index is 208. The maximum atomic E-state index is 9.78. The zero-order valence-corrected chi connectivity index (χ0v) is 8.15. The van der Waals surface area contributed by atoms with E-state index in [0.717, 1.165) is 12.8 Å². The topological polar surface area (TPSA) is 47.9 Å². The molecule has 80 valence electrons. The van der Waals surface area contributed by atoms with E-state index >= 15 is 0 Å². The van der Waals surface area contributed by atoms with Crippen LogP contribution >= 0.6 is 0 Å². The molecule has 0 aliphatic carbocycles. The van der Waals surface area contributed by atoms with Crippen LogP contribution in [-0.2, 0) is 14.2 Å². The average molecular weight is 200 g/mol. The number of ether oxygens (including phenoxy) is 3. The minimum atomic E-state index is -0.585. The van der Waals surface area contributed by atoms with Crippen molar-refractivity contribution >= 4 is 0 Å². The first-order valence-corrected chi connectivity index (χ1v) is 5.10. The standard InChI is InChI=1S/C10H16O4/c11-8(7-10-13-5-6-14-10)9-3-1-2-4-12-9/h3,8,10-11H,1-2,4-7H2. The van der Waals surface area contributed by atoms with Crippen molar-refractivity contribution < 1.29 is 19.3 Å². The summed E-state index contributed by atoms with van der Waals surface area (Å²) in [7, 11) is 0. The second-order valence-corrected chi connectivity index (χ2v) is 3.52. The smallest absolute Gasteiger partial charge is 0.160 e. The van der Waals surface area contributed by atoms with Crippen LogP contribution in [0.4, 0.5) is 0 Å². The van der Waals surface area contributed by atoms with Crippen LogP contribution in [0.25, 0.3) is 0 Å². The predicted molar refractivity (Wildman–Crippen MR) is 49.6 cm³/mol. The Kier molecular flexibility index (Phi) is 3.39. The summed E-state index contributed by atoms with van der Waals surface area (Å²) in [6, 6.07) is 0. The van der Waals surface area contributed by atoms with E-state index in [9.17, 15) is 5.11 Å². The fraction of sp³-hybridized carbons (Fsp3) is 0.800. The van der Waals surface area contributed by atoms with Crippen LogP contribution < -0.4 is 0 Å². The number of hydrogen-bond acceptors (Lipinski definition) is 4. The van der Waals surface area contributed by atoms with Crippen LogP contribution in [0.3, 0.4) is 0 Å². The molecule has 14 heavy (non-hydrogen) atoms. The van der Waals surface area contributed by atoms with Gasteiger partial charge in [-0.25, -0.2) is 0 Å². The molecule has 0 aromatic carbocycles. The third kappa shape index (κ3) is 2.47. The first-order valence-electron chi connectivity index (χ1n) is 5.10. The Hall–Kier alpha value is -0.580. The summed E-state index contributed by atoms with van der Waals surface area (Å²) in [6.45, 7) is 1.95.